The molecule has 0 atom stereocenters. The van der Waals surface area contributed by atoms with Crippen LogP contribution >= 0.6 is 0 Å². The number of hydrogen-bond acceptors (Lipinski definition) is 9. The van der Waals surface area contributed by atoms with Crippen LogP contribution in [0.15, 0.2) is 89.3 Å². The van der Waals surface area contributed by atoms with Gasteiger partial charge < -0.3 is 29.0 Å². The van der Waals surface area contributed by atoms with Crippen molar-refractivity contribution in [3.8, 4) is 11.5 Å². The first-order chi connectivity index (χ1) is 31.8. The van der Waals surface area contributed by atoms with Crippen LogP contribution in [-0.4, -0.2) is 109 Å². The van der Waals surface area contributed by atoms with E-state index in [0.29, 0.717) is 64.0 Å². The third-order valence-electron chi connectivity index (χ3n) is 9.97. The summed E-state index contributed by atoms with van der Waals surface area (Å²) in [5.74, 6) is -7.93. The van der Waals surface area contributed by atoms with E-state index in [1.165, 1.54) is 85.6 Å². The fourth-order valence-corrected chi connectivity index (χ4v) is 6.45. The number of morpholine rings is 2. The number of rotatable bonds is 10. The second kappa shape index (κ2) is 21.5. The number of nitrogens with one attached hydrogen (secondary N) is 1. The Bertz CT molecular complexity index is 2530. The van der Waals surface area contributed by atoms with E-state index in [2.05, 4.69) is 14.6 Å². The lowest BCUT2D eigenvalue weighted by Gasteiger charge is -2.33. The van der Waals surface area contributed by atoms with Crippen LogP contribution in [0.4, 0.5) is 64.9 Å². The lowest BCUT2D eigenvalue weighted by Crippen LogP contribution is -2.48. The summed E-state index contributed by atoms with van der Waals surface area (Å²) < 4.78 is 146. The molecule has 1 aromatic heterocycles. The van der Waals surface area contributed by atoms with Crippen LogP contribution in [0.2, 0.25) is 0 Å². The minimum atomic E-state index is -5.15. The molecule has 0 radical (unpaired) electrons. The van der Waals surface area contributed by atoms with Crippen molar-refractivity contribution < 1.29 is 77.0 Å². The Morgan fingerprint density at radius 3 is 1.49 bits per heavy atom. The average Bonchev–Trinajstić information content (AvgIpc) is 3.83. The van der Waals surface area contributed by atoms with Gasteiger partial charge in [0.2, 0.25) is 5.89 Å². The summed E-state index contributed by atoms with van der Waals surface area (Å²) in [7, 11) is 0. The number of urea groups is 2. The normalized spacial score (nSPS) is 14.2. The van der Waals surface area contributed by atoms with Gasteiger partial charge in [0, 0.05) is 59.8 Å². The topological polar surface area (TPSA) is 151 Å². The average molecular weight is 954 g/mol. The third kappa shape index (κ3) is 13.1. The van der Waals surface area contributed by atoms with Gasteiger partial charge in [-0.15, -0.1) is 10.2 Å². The second-order valence-corrected chi connectivity index (χ2v) is 14.5. The predicted octanol–water partition coefficient (Wildman–Crippen LogP) is 7.78. The first kappa shape index (κ1) is 49.4. The Hall–Kier alpha value is -7.08. The first-order valence-corrected chi connectivity index (χ1v) is 19.9. The Kier molecular flexibility index (Phi) is 15.8. The van der Waals surface area contributed by atoms with E-state index in [0.717, 1.165) is 24.3 Å². The number of carbonyl (C=O) groups is 4. The van der Waals surface area contributed by atoms with Gasteiger partial charge in [-0.2, -0.15) is 26.3 Å². The number of alkyl halides is 6. The first-order valence-electron chi connectivity index (χ1n) is 19.9. The van der Waals surface area contributed by atoms with Crippen molar-refractivity contribution in [3.05, 3.63) is 131 Å². The molecule has 5 amide bonds. The number of anilines is 2. The van der Waals surface area contributed by atoms with E-state index in [9.17, 15) is 63.1 Å². The van der Waals surface area contributed by atoms with E-state index >= 15 is 0 Å². The van der Waals surface area contributed by atoms with Crippen LogP contribution in [0.25, 0.3) is 11.5 Å². The summed E-state index contributed by atoms with van der Waals surface area (Å²) in [5.41, 5.74) is 0.459. The fourth-order valence-electron chi connectivity index (χ4n) is 6.45. The molecule has 356 valence electrons. The van der Waals surface area contributed by atoms with Gasteiger partial charge >= 0.3 is 36.2 Å². The van der Waals surface area contributed by atoms with Crippen LogP contribution in [0.5, 0.6) is 0 Å². The summed E-state index contributed by atoms with van der Waals surface area (Å²) in [6.07, 6.45) is -9.97. The zero-order valence-electron chi connectivity index (χ0n) is 34.7. The molecule has 4 aromatic carbocycles. The molecule has 0 unspecified atom stereocenters. The highest BCUT2D eigenvalue weighted by Gasteiger charge is 2.39. The van der Waals surface area contributed by atoms with Crippen LogP contribution in [0, 0.1) is 23.3 Å². The second-order valence-electron chi connectivity index (χ2n) is 14.5. The molecule has 24 heteroatoms. The Morgan fingerprint density at radius 2 is 1.07 bits per heavy atom. The largest absolute Gasteiger partial charge is 0.471 e. The molecule has 7 rings (SSSR count). The molecule has 0 aliphatic carbocycles. The minimum absolute atomic E-state index is 0.0156. The number of aromatic nitrogens is 2. The number of nitrogens with zero attached hydrogens (tertiary/aromatic N) is 6. The van der Waals surface area contributed by atoms with Crippen molar-refractivity contribution in [2.24, 2.45) is 0 Å². The summed E-state index contributed by atoms with van der Waals surface area (Å²) in [5, 5.41) is 7.66. The molecule has 2 aliphatic heterocycles. The monoisotopic (exact) mass is 953 g/mol. The van der Waals surface area contributed by atoms with Crippen LogP contribution in [-0.2, 0) is 33.5 Å². The molecule has 5 aromatic rings. The SMILES string of the molecule is O=C(CNC(=O)C(F)(F)F)c1ccc(CN(C(=O)N2CCOCC2)c2ccc(F)cc2)c(F)c1.O=C(N1CCOCC1)N(Cc1ccc(-c2nnc(C(F)(F)F)o2)cc1F)c1ccc(F)cc1. The molecule has 1 N–H and O–H groups in total. The molecule has 2 aliphatic rings. The van der Waals surface area contributed by atoms with Crippen molar-refractivity contribution in [2.45, 2.75) is 25.4 Å². The van der Waals surface area contributed by atoms with Gasteiger partial charge in [0.05, 0.1) is 46.1 Å². The van der Waals surface area contributed by atoms with Gasteiger partial charge in [-0.1, -0.05) is 18.2 Å². The van der Waals surface area contributed by atoms with Gasteiger partial charge in [-0.3, -0.25) is 19.4 Å². The number of hydrogen-bond donors (Lipinski definition) is 1. The van der Waals surface area contributed by atoms with Crippen molar-refractivity contribution >= 4 is 35.1 Å². The highest BCUT2D eigenvalue weighted by molar-refractivity contribution is 6.00. The Labute approximate surface area is 373 Å². The highest BCUT2D eigenvalue weighted by Crippen LogP contribution is 2.31. The van der Waals surface area contributed by atoms with E-state index in [-0.39, 0.29) is 35.3 Å². The van der Waals surface area contributed by atoms with Gasteiger partial charge in [-0.05, 0) is 66.7 Å². The molecule has 0 saturated carbocycles. The van der Waals surface area contributed by atoms with Crippen molar-refractivity contribution in [2.75, 3.05) is 69.0 Å². The number of benzene rings is 4. The molecule has 0 spiro atoms. The van der Waals surface area contributed by atoms with Gasteiger partial charge in [0.25, 0.3) is 0 Å². The predicted molar refractivity (Wildman–Crippen MR) is 215 cm³/mol. The van der Waals surface area contributed by atoms with E-state index in [1.807, 2.05) is 0 Å². The summed E-state index contributed by atoms with van der Waals surface area (Å²) >= 11 is 0. The Balaban J connectivity index is 0.000000221. The molecule has 0 bridgehead atoms. The maximum absolute atomic E-state index is 14.9. The van der Waals surface area contributed by atoms with E-state index in [4.69, 9.17) is 9.47 Å². The molecule has 2 saturated heterocycles. The van der Waals surface area contributed by atoms with Crippen LogP contribution in [0.1, 0.15) is 27.4 Å². The molecular weight excluding hydrogens is 916 g/mol. The smallest absolute Gasteiger partial charge is 0.413 e. The summed E-state index contributed by atoms with van der Waals surface area (Å²) in [6.45, 7) is 1.27. The molecule has 2 fully saturated rings. The molecule has 67 heavy (non-hydrogen) atoms. The van der Waals surface area contributed by atoms with E-state index < -0.39 is 77.7 Å². The zero-order valence-corrected chi connectivity index (χ0v) is 34.7. The van der Waals surface area contributed by atoms with Gasteiger partial charge in [0.15, 0.2) is 5.78 Å². The van der Waals surface area contributed by atoms with Crippen molar-refractivity contribution in [1.29, 1.82) is 0 Å². The maximum atomic E-state index is 14.9. The standard InChI is InChI=1S/C22H20F5N3O4.C21H17F5N4O3/c23-16-3-5-17(6-4-16)30(21(33)29-7-9-34-10-8-29)13-15-2-1-14(11-18(15)24)19(31)12-28-20(32)22(25,26)27;22-15-3-5-16(6-4-15)30(20(31)29-7-9-32-10-8-29)12-14-2-1-13(11-17(14)23)18-27-28-19(33-18)21(24,25)26/h1-6,11H,7-10,12-13H2,(H,28,32);1-6,11H,7-10,12H2. The molecular formula is C43H37F10N7O7. The number of ketones is 1. The van der Waals surface area contributed by atoms with E-state index in [1.54, 1.807) is 0 Å². The Morgan fingerprint density at radius 1 is 0.612 bits per heavy atom. The van der Waals surface area contributed by atoms with Crippen molar-refractivity contribution in [3.63, 3.8) is 0 Å². The zero-order chi connectivity index (χ0) is 48.5. The van der Waals surface area contributed by atoms with Crippen LogP contribution < -0.4 is 15.1 Å². The van der Waals surface area contributed by atoms with Gasteiger partial charge in [0.1, 0.15) is 23.3 Å². The maximum Gasteiger partial charge on any atom is 0.471 e. The lowest BCUT2D eigenvalue weighted by atomic mass is 10.1. The number of Topliss-reactive ketones (excluding diaryl/α,β-unsaturated/α-hetero) is 1. The van der Waals surface area contributed by atoms with Crippen molar-refractivity contribution in [1.82, 2.24) is 25.3 Å². The van der Waals surface area contributed by atoms with Gasteiger partial charge in [-0.25, -0.2) is 27.2 Å². The number of ether oxygens (including phenoxy) is 2. The third-order valence-corrected chi connectivity index (χ3v) is 9.97. The number of amides is 5. The summed E-state index contributed by atoms with van der Waals surface area (Å²) in [4.78, 5) is 54.7. The fraction of sp³-hybridized carbons (Fsp3) is 0.302. The number of carbonyl (C=O) groups excluding carboxylic acids is 4. The van der Waals surface area contributed by atoms with Crippen LogP contribution in [0.3, 0.4) is 0 Å². The highest BCUT2D eigenvalue weighted by atomic mass is 19.4. The number of halogens is 10. The molecule has 3 heterocycles. The molecule has 14 nitrogen and oxygen atoms in total. The lowest BCUT2D eigenvalue weighted by molar-refractivity contribution is -0.173. The summed E-state index contributed by atoms with van der Waals surface area (Å²) in [6, 6.07) is 16.1. The minimum Gasteiger partial charge on any atom is -0.413 e. The quantitative estimate of drug-likeness (QED) is 0.109.